The van der Waals surface area contributed by atoms with Crippen LogP contribution in [0.15, 0.2) is 0 Å². The van der Waals surface area contributed by atoms with E-state index in [0.717, 1.165) is 45.2 Å². The van der Waals surface area contributed by atoms with E-state index < -0.39 is 10.0 Å². The van der Waals surface area contributed by atoms with Gasteiger partial charge in [-0.3, -0.25) is 0 Å². The number of hydrogen-bond donors (Lipinski definition) is 1. The molecule has 0 spiro atoms. The zero-order valence-electron chi connectivity index (χ0n) is 13.1. The van der Waals surface area contributed by atoms with Crippen molar-refractivity contribution < 1.29 is 8.42 Å². The summed E-state index contributed by atoms with van der Waals surface area (Å²) in [7, 11) is -3.10. The molecule has 1 aliphatic heterocycles. The molecule has 4 nitrogen and oxygen atoms in total. The highest BCUT2D eigenvalue weighted by Crippen LogP contribution is 2.20. The SMILES string of the molecule is CCCN(C1CCNCC1)S(=O)(=O)CC(CC)CC.Cl. The van der Waals surface area contributed by atoms with Crippen LogP contribution in [0, 0.1) is 5.92 Å². The molecule has 1 rings (SSSR count). The van der Waals surface area contributed by atoms with Gasteiger partial charge in [-0.15, -0.1) is 12.4 Å². The monoisotopic (exact) mass is 326 g/mol. The molecule has 0 amide bonds. The lowest BCUT2D eigenvalue weighted by atomic mass is 10.1. The highest BCUT2D eigenvalue weighted by Gasteiger charge is 2.31. The summed E-state index contributed by atoms with van der Waals surface area (Å²) in [6, 6.07) is 0.209. The number of rotatable bonds is 8. The number of nitrogens with zero attached hydrogens (tertiary/aromatic N) is 1. The second-order valence-electron chi connectivity index (χ2n) is 5.55. The summed E-state index contributed by atoms with van der Waals surface area (Å²) in [5.74, 6) is 0.621. The zero-order valence-corrected chi connectivity index (χ0v) is 14.7. The summed E-state index contributed by atoms with van der Waals surface area (Å²) in [6.07, 6.45) is 4.68. The second-order valence-corrected chi connectivity index (χ2v) is 7.52. The minimum atomic E-state index is -3.10. The molecule has 0 radical (unpaired) electrons. The number of sulfonamides is 1. The molecule has 122 valence electrons. The Labute approximate surface area is 131 Å². The number of hydrogen-bond acceptors (Lipinski definition) is 3. The van der Waals surface area contributed by atoms with E-state index in [4.69, 9.17) is 0 Å². The summed E-state index contributed by atoms with van der Waals surface area (Å²) in [5.41, 5.74) is 0. The summed E-state index contributed by atoms with van der Waals surface area (Å²) in [5, 5.41) is 3.30. The largest absolute Gasteiger partial charge is 0.317 e. The Kier molecular flexibility index (Phi) is 10.1. The van der Waals surface area contributed by atoms with Gasteiger partial charge in [-0.05, 0) is 38.3 Å². The Morgan fingerprint density at radius 3 is 2.15 bits per heavy atom. The topological polar surface area (TPSA) is 49.4 Å². The Morgan fingerprint density at radius 2 is 1.70 bits per heavy atom. The zero-order chi connectivity index (χ0) is 14.3. The highest BCUT2D eigenvalue weighted by molar-refractivity contribution is 7.89. The summed E-state index contributed by atoms with van der Waals surface area (Å²) < 4.78 is 27.1. The van der Waals surface area contributed by atoms with E-state index in [2.05, 4.69) is 26.1 Å². The van der Waals surface area contributed by atoms with E-state index in [-0.39, 0.29) is 18.4 Å². The Hall–Kier alpha value is 0.160. The highest BCUT2D eigenvalue weighted by atomic mass is 35.5. The van der Waals surface area contributed by atoms with Crippen molar-refractivity contribution in [3.05, 3.63) is 0 Å². The molecule has 0 unspecified atom stereocenters. The second kappa shape index (κ2) is 9.98. The molecular weight excluding hydrogens is 296 g/mol. The van der Waals surface area contributed by atoms with Crippen molar-refractivity contribution in [2.45, 2.75) is 58.9 Å². The molecule has 0 saturated carbocycles. The first kappa shape index (κ1) is 20.2. The fourth-order valence-corrected chi connectivity index (χ4v) is 5.17. The maximum absolute atomic E-state index is 12.7. The average molecular weight is 327 g/mol. The quantitative estimate of drug-likeness (QED) is 0.746. The van der Waals surface area contributed by atoms with Gasteiger partial charge in [0.1, 0.15) is 0 Å². The van der Waals surface area contributed by atoms with E-state index in [9.17, 15) is 8.42 Å². The van der Waals surface area contributed by atoms with Crippen LogP contribution in [0.5, 0.6) is 0 Å². The van der Waals surface area contributed by atoms with Crippen molar-refractivity contribution in [1.82, 2.24) is 9.62 Å². The maximum Gasteiger partial charge on any atom is 0.214 e. The Morgan fingerprint density at radius 1 is 1.15 bits per heavy atom. The minimum Gasteiger partial charge on any atom is -0.317 e. The fourth-order valence-electron chi connectivity index (χ4n) is 2.78. The van der Waals surface area contributed by atoms with E-state index in [0.29, 0.717) is 18.2 Å². The minimum absolute atomic E-state index is 0. The first-order valence-electron chi connectivity index (χ1n) is 7.75. The van der Waals surface area contributed by atoms with Crippen LogP contribution in [0.4, 0.5) is 0 Å². The predicted molar refractivity (Wildman–Crippen MR) is 88.0 cm³/mol. The normalized spacial score (nSPS) is 17.4. The Bertz CT molecular complexity index is 339. The van der Waals surface area contributed by atoms with Gasteiger partial charge in [0.25, 0.3) is 0 Å². The molecule has 1 fully saturated rings. The van der Waals surface area contributed by atoms with Crippen LogP contribution in [-0.2, 0) is 10.0 Å². The molecule has 0 aliphatic carbocycles. The molecule has 20 heavy (non-hydrogen) atoms. The lowest BCUT2D eigenvalue weighted by Crippen LogP contribution is -2.47. The molecule has 0 atom stereocenters. The standard InChI is InChI=1S/C14H30N2O2S.ClH/c1-4-11-16(14-7-9-15-10-8-14)19(17,18)12-13(5-2)6-3;/h13-15H,4-12H2,1-3H3;1H. The van der Waals surface area contributed by atoms with E-state index in [1.165, 1.54) is 0 Å². The van der Waals surface area contributed by atoms with Crippen LogP contribution in [0.25, 0.3) is 0 Å². The molecule has 1 saturated heterocycles. The number of halogens is 1. The van der Waals surface area contributed by atoms with Crippen LogP contribution in [0.2, 0.25) is 0 Å². The molecule has 1 aliphatic rings. The molecule has 0 bridgehead atoms. The third kappa shape index (κ3) is 5.88. The average Bonchev–Trinajstić information content (AvgIpc) is 2.43. The van der Waals surface area contributed by atoms with E-state index >= 15 is 0 Å². The first-order chi connectivity index (χ1) is 9.05. The molecule has 1 N–H and O–H groups in total. The number of piperidine rings is 1. The predicted octanol–water partition coefficient (Wildman–Crippen LogP) is 2.64. The lowest BCUT2D eigenvalue weighted by molar-refractivity contribution is 0.260. The third-order valence-corrected chi connectivity index (χ3v) is 6.21. The van der Waals surface area contributed by atoms with Gasteiger partial charge in [-0.1, -0.05) is 33.6 Å². The molecule has 0 aromatic heterocycles. The van der Waals surface area contributed by atoms with Crippen molar-refractivity contribution in [3.8, 4) is 0 Å². The van der Waals surface area contributed by atoms with Crippen molar-refractivity contribution in [3.63, 3.8) is 0 Å². The maximum atomic E-state index is 12.7. The van der Waals surface area contributed by atoms with Crippen LogP contribution >= 0.6 is 12.4 Å². The van der Waals surface area contributed by atoms with Gasteiger partial charge in [0.05, 0.1) is 5.75 Å². The lowest BCUT2D eigenvalue weighted by Gasteiger charge is -2.34. The van der Waals surface area contributed by atoms with Gasteiger partial charge in [-0.2, -0.15) is 4.31 Å². The Balaban J connectivity index is 0.00000361. The fraction of sp³-hybridized carbons (Fsp3) is 1.00. The van der Waals surface area contributed by atoms with Crippen LogP contribution in [-0.4, -0.2) is 44.2 Å². The van der Waals surface area contributed by atoms with Gasteiger partial charge < -0.3 is 5.32 Å². The van der Waals surface area contributed by atoms with Crippen molar-refractivity contribution in [1.29, 1.82) is 0 Å². The molecule has 6 heteroatoms. The van der Waals surface area contributed by atoms with Crippen LogP contribution in [0.3, 0.4) is 0 Å². The van der Waals surface area contributed by atoms with Crippen molar-refractivity contribution in [2.24, 2.45) is 5.92 Å². The van der Waals surface area contributed by atoms with Gasteiger partial charge in [-0.25, -0.2) is 8.42 Å². The van der Waals surface area contributed by atoms with Gasteiger partial charge >= 0.3 is 0 Å². The number of nitrogens with one attached hydrogen (secondary N) is 1. The van der Waals surface area contributed by atoms with Crippen molar-refractivity contribution in [2.75, 3.05) is 25.4 Å². The molecule has 0 aromatic carbocycles. The van der Waals surface area contributed by atoms with E-state index in [1.807, 2.05) is 0 Å². The smallest absolute Gasteiger partial charge is 0.214 e. The van der Waals surface area contributed by atoms with Gasteiger partial charge in [0.2, 0.25) is 10.0 Å². The van der Waals surface area contributed by atoms with Gasteiger partial charge in [0, 0.05) is 12.6 Å². The van der Waals surface area contributed by atoms with Crippen molar-refractivity contribution >= 4 is 22.4 Å². The summed E-state index contributed by atoms with van der Waals surface area (Å²) in [6.45, 7) is 8.77. The molecule has 0 aromatic rings. The molecular formula is C14H31ClN2O2S. The van der Waals surface area contributed by atoms with E-state index in [1.54, 1.807) is 4.31 Å². The van der Waals surface area contributed by atoms with Gasteiger partial charge in [0.15, 0.2) is 0 Å². The van der Waals surface area contributed by atoms with Crippen LogP contribution in [0.1, 0.15) is 52.9 Å². The third-order valence-electron chi connectivity index (χ3n) is 4.12. The summed E-state index contributed by atoms with van der Waals surface area (Å²) >= 11 is 0. The first-order valence-corrected chi connectivity index (χ1v) is 9.36. The summed E-state index contributed by atoms with van der Waals surface area (Å²) in [4.78, 5) is 0. The molecule has 1 heterocycles. The van der Waals surface area contributed by atoms with Crippen LogP contribution < -0.4 is 5.32 Å².